The van der Waals surface area contributed by atoms with Crippen molar-refractivity contribution in [2.45, 2.75) is 24.4 Å². The molecule has 0 saturated heterocycles. The zero-order valence-electron chi connectivity index (χ0n) is 6.62. The molecule has 0 rings (SSSR count). The first-order valence-electron chi connectivity index (χ1n) is 3.49. The quantitative estimate of drug-likeness (QED) is 0.450. The van der Waals surface area contributed by atoms with Crippen LogP contribution in [0.5, 0.6) is 0 Å². The topological polar surface area (TPSA) is 98.0 Å². The van der Waals surface area contributed by atoms with Crippen LogP contribution in [-0.4, -0.2) is 51.1 Å². The first kappa shape index (κ1) is 12.7. The maximum Gasteiger partial charge on any atom is 0.151 e. The molecule has 0 aliphatic heterocycles. The molecule has 13 heavy (non-hydrogen) atoms. The Hall–Kier alpha value is -0.270. The third-order valence-corrected chi connectivity index (χ3v) is 1.76. The van der Waals surface area contributed by atoms with Crippen molar-refractivity contribution in [3.63, 3.8) is 0 Å². The number of hydrogen-bond acceptors (Lipinski definition) is 5. The van der Waals surface area contributed by atoms with E-state index in [-0.39, 0.29) is 6.29 Å². The van der Waals surface area contributed by atoms with Gasteiger partial charge in [-0.2, -0.15) is 0 Å². The van der Waals surface area contributed by atoms with E-state index >= 15 is 0 Å². The van der Waals surface area contributed by atoms with Crippen molar-refractivity contribution in [1.82, 2.24) is 0 Å². The Labute approximate surface area is 83.4 Å². The van der Waals surface area contributed by atoms with Crippen LogP contribution in [0.4, 0.5) is 0 Å². The molecule has 0 amide bonds. The molecule has 0 heterocycles. The summed E-state index contributed by atoms with van der Waals surface area (Å²) >= 11 is 2.86. The Morgan fingerprint density at radius 2 is 1.46 bits per heavy atom. The molecule has 0 aromatic carbocycles. The summed E-state index contributed by atoms with van der Waals surface area (Å²) in [5, 5.41) is 36.0. The summed E-state index contributed by atoms with van der Waals surface area (Å²) in [6.07, 6.45) is -5.10. The van der Waals surface area contributed by atoms with Gasteiger partial charge in [-0.05, 0) is 11.1 Å². The highest BCUT2D eigenvalue weighted by atomic mass is 79.9. The molecule has 5 nitrogen and oxygen atoms in total. The zero-order chi connectivity index (χ0) is 10.4. The number of aliphatic hydroxyl groups excluding tert-OH is 4. The van der Waals surface area contributed by atoms with Gasteiger partial charge in [-0.15, -0.1) is 0 Å². The fourth-order valence-corrected chi connectivity index (χ4v) is 0.986. The highest BCUT2D eigenvalue weighted by Crippen LogP contribution is 2.05. The summed E-state index contributed by atoms with van der Waals surface area (Å²) in [4.78, 5) is 11.3. The molecular weight excluding hydrogens is 244 g/mol. The lowest BCUT2D eigenvalue weighted by Crippen LogP contribution is -2.44. The molecule has 0 aromatic rings. The second kappa shape index (κ2) is 6.22. The highest BCUT2D eigenvalue weighted by Gasteiger charge is 2.28. The molecule has 4 N–H and O–H groups in total. The van der Waals surface area contributed by atoms with Gasteiger partial charge in [-0.25, -0.2) is 0 Å². The van der Waals surface area contributed by atoms with E-state index in [0.29, 0.717) is 0 Å². The second-order valence-corrected chi connectivity index (χ2v) is 2.95. The average molecular weight is 255 g/mol. The van der Waals surface area contributed by atoms with E-state index in [0.717, 1.165) is 6.08 Å². The number of carbonyl (C=O) groups excluding carboxylic acids is 1. The fourth-order valence-electron chi connectivity index (χ4n) is 0.673. The summed E-state index contributed by atoms with van der Waals surface area (Å²) in [7, 11) is 0. The van der Waals surface area contributed by atoms with Gasteiger partial charge in [0.05, 0.1) is 0 Å². The molecular formula is C7H11BrO5. The summed E-state index contributed by atoms with van der Waals surface area (Å²) in [6, 6.07) is 0. The van der Waals surface area contributed by atoms with Gasteiger partial charge in [0.15, 0.2) is 6.29 Å². The van der Waals surface area contributed by atoms with Gasteiger partial charge in [-0.1, -0.05) is 15.9 Å². The van der Waals surface area contributed by atoms with Crippen molar-refractivity contribution in [3.8, 4) is 0 Å². The molecule has 0 aliphatic carbocycles. The molecule has 4 atom stereocenters. The van der Waals surface area contributed by atoms with Crippen LogP contribution in [0.15, 0.2) is 11.1 Å². The van der Waals surface area contributed by atoms with Crippen LogP contribution in [0.25, 0.3) is 0 Å². The average Bonchev–Trinajstić information content (AvgIpc) is 2.14. The standard InChI is InChI=1S/C7H11BrO5/c8-2-1-4(10)6(12)7(13)5(11)3-9/h1-7,10-13H/b2-1-/t4?,5-,6-,7+/m1/s1. The van der Waals surface area contributed by atoms with Crippen LogP contribution in [0.3, 0.4) is 0 Å². The number of carbonyl (C=O) groups is 1. The summed E-state index contributed by atoms with van der Waals surface area (Å²) in [5.74, 6) is 0. The minimum absolute atomic E-state index is 0.0818. The first-order chi connectivity index (χ1) is 6.04. The van der Waals surface area contributed by atoms with Crippen molar-refractivity contribution < 1.29 is 25.2 Å². The minimum Gasteiger partial charge on any atom is -0.387 e. The molecule has 1 unspecified atom stereocenters. The lowest BCUT2D eigenvalue weighted by molar-refractivity contribution is -0.130. The van der Waals surface area contributed by atoms with Crippen molar-refractivity contribution >= 4 is 22.2 Å². The zero-order valence-corrected chi connectivity index (χ0v) is 8.20. The summed E-state index contributed by atoms with van der Waals surface area (Å²) in [6.45, 7) is 0. The lowest BCUT2D eigenvalue weighted by atomic mass is 10.0. The van der Waals surface area contributed by atoms with E-state index < -0.39 is 24.4 Å². The van der Waals surface area contributed by atoms with Gasteiger partial charge < -0.3 is 25.2 Å². The minimum atomic E-state index is -1.70. The van der Waals surface area contributed by atoms with E-state index in [1.807, 2.05) is 0 Å². The number of rotatable bonds is 5. The Balaban J connectivity index is 4.23. The Kier molecular flexibility index (Phi) is 6.10. The number of hydrogen-bond donors (Lipinski definition) is 4. The monoisotopic (exact) mass is 254 g/mol. The fraction of sp³-hybridized carbons (Fsp3) is 0.571. The van der Waals surface area contributed by atoms with Crippen LogP contribution in [-0.2, 0) is 4.79 Å². The van der Waals surface area contributed by atoms with Gasteiger partial charge >= 0.3 is 0 Å². The van der Waals surface area contributed by atoms with Crippen molar-refractivity contribution in [3.05, 3.63) is 11.1 Å². The Bertz CT molecular complexity index is 184. The van der Waals surface area contributed by atoms with Crippen molar-refractivity contribution in [2.75, 3.05) is 0 Å². The third kappa shape index (κ3) is 3.97. The molecule has 0 aliphatic rings. The van der Waals surface area contributed by atoms with Gasteiger partial charge in [0.1, 0.15) is 24.4 Å². The number of halogens is 1. The van der Waals surface area contributed by atoms with Gasteiger partial charge in [0, 0.05) is 0 Å². The maximum absolute atomic E-state index is 10.0. The Morgan fingerprint density at radius 3 is 1.85 bits per heavy atom. The maximum atomic E-state index is 10.0. The molecule has 0 fully saturated rings. The predicted octanol–water partition coefficient (Wildman–Crippen LogP) is -1.46. The number of aldehydes is 1. The van der Waals surface area contributed by atoms with E-state index in [1.54, 1.807) is 0 Å². The summed E-state index contributed by atoms with van der Waals surface area (Å²) < 4.78 is 0. The molecule has 76 valence electrons. The van der Waals surface area contributed by atoms with E-state index in [9.17, 15) is 4.79 Å². The first-order valence-corrected chi connectivity index (χ1v) is 4.40. The second-order valence-electron chi connectivity index (χ2n) is 2.42. The SMILES string of the molecule is O=C[C@@H](O)[C@H](O)[C@H](O)C(O)/C=C\Br. The molecule has 0 bridgehead atoms. The van der Waals surface area contributed by atoms with E-state index in [4.69, 9.17) is 20.4 Å². The molecule has 0 radical (unpaired) electrons. The van der Waals surface area contributed by atoms with Gasteiger partial charge in [-0.3, -0.25) is 0 Å². The van der Waals surface area contributed by atoms with Crippen LogP contribution < -0.4 is 0 Å². The van der Waals surface area contributed by atoms with E-state index in [1.165, 1.54) is 4.99 Å². The normalized spacial score (nSPS) is 21.0. The van der Waals surface area contributed by atoms with Crippen LogP contribution in [0.2, 0.25) is 0 Å². The molecule has 0 spiro atoms. The van der Waals surface area contributed by atoms with Gasteiger partial charge in [0.2, 0.25) is 0 Å². The van der Waals surface area contributed by atoms with Gasteiger partial charge in [0.25, 0.3) is 0 Å². The van der Waals surface area contributed by atoms with Crippen LogP contribution in [0.1, 0.15) is 0 Å². The van der Waals surface area contributed by atoms with Crippen LogP contribution in [0, 0.1) is 0 Å². The largest absolute Gasteiger partial charge is 0.387 e. The van der Waals surface area contributed by atoms with E-state index in [2.05, 4.69) is 15.9 Å². The molecule has 0 saturated carbocycles. The summed E-state index contributed by atoms with van der Waals surface area (Å²) in [5.41, 5.74) is 0. The van der Waals surface area contributed by atoms with Crippen molar-refractivity contribution in [1.29, 1.82) is 0 Å². The lowest BCUT2D eigenvalue weighted by Gasteiger charge is -2.21. The number of aliphatic hydroxyl groups is 4. The van der Waals surface area contributed by atoms with Crippen molar-refractivity contribution in [2.24, 2.45) is 0 Å². The van der Waals surface area contributed by atoms with Crippen LogP contribution >= 0.6 is 15.9 Å². The highest BCUT2D eigenvalue weighted by molar-refractivity contribution is 9.11. The third-order valence-electron chi connectivity index (χ3n) is 1.46. The molecule has 0 aromatic heterocycles. The smallest absolute Gasteiger partial charge is 0.151 e. The predicted molar refractivity (Wildman–Crippen MR) is 48.2 cm³/mol. The molecule has 6 heteroatoms. The Morgan fingerprint density at radius 1 is 1.00 bits per heavy atom.